The topological polar surface area (TPSA) is 54.9 Å². The van der Waals surface area contributed by atoms with Crippen molar-refractivity contribution in [2.24, 2.45) is 4.99 Å². The first-order valence-electron chi connectivity index (χ1n) is 7.32. The van der Waals surface area contributed by atoms with E-state index in [0.29, 0.717) is 19.7 Å². The fourth-order valence-corrected chi connectivity index (χ4v) is 1.53. The van der Waals surface area contributed by atoms with Crippen molar-refractivity contribution in [3.05, 3.63) is 30.3 Å². The predicted octanol–water partition coefficient (Wildman–Crippen LogP) is 2.66. The van der Waals surface area contributed by atoms with Crippen LogP contribution in [0.5, 0.6) is 5.75 Å². The molecule has 0 atom stereocenters. The number of hydrogen-bond donors (Lipinski definition) is 2. The second-order valence-electron chi connectivity index (χ2n) is 5.25. The van der Waals surface area contributed by atoms with Crippen LogP contribution in [0, 0.1) is 0 Å². The van der Waals surface area contributed by atoms with Gasteiger partial charge < -0.3 is 20.1 Å². The average molecular weight is 421 g/mol. The summed E-state index contributed by atoms with van der Waals surface area (Å²) in [5.74, 6) is 1.65. The molecular weight excluding hydrogens is 393 g/mol. The largest absolute Gasteiger partial charge is 0.492 e. The predicted molar refractivity (Wildman–Crippen MR) is 102 cm³/mol. The van der Waals surface area contributed by atoms with E-state index in [1.54, 1.807) is 7.11 Å². The molecule has 0 saturated carbocycles. The lowest BCUT2D eigenvalue weighted by Crippen LogP contribution is -2.40. The van der Waals surface area contributed by atoms with Crippen molar-refractivity contribution >= 4 is 29.9 Å². The van der Waals surface area contributed by atoms with Crippen molar-refractivity contribution < 1.29 is 9.47 Å². The average Bonchev–Trinajstić information content (AvgIpc) is 2.50. The third kappa shape index (κ3) is 9.09. The van der Waals surface area contributed by atoms with Crippen molar-refractivity contribution in [1.29, 1.82) is 0 Å². The quantitative estimate of drug-likeness (QED) is 0.293. The molecule has 2 N–H and O–H groups in total. The van der Waals surface area contributed by atoms with Gasteiger partial charge in [-0.05, 0) is 32.9 Å². The minimum atomic E-state index is -0.261. The van der Waals surface area contributed by atoms with Crippen LogP contribution in [0.25, 0.3) is 0 Å². The zero-order valence-corrected chi connectivity index (χ0v) is 16.2. The van der Waals surface area contributed by atoms with Crippen LogP contribution in [0.2, 0.25) is 0 Å². The molecule has 0 amide bonds. The highest BCUT2D eigenvalue weighted by atomic mass is 127. The van der Waals surface area contributed by atoms with Gasteiger partial charge in [-0.1, -0.05) is 18.2 Å². The summed E-state index contributed by atoms with van der Waals surface area (Å²) in [5.41, 5.74) is -0.261. The number of halogens is 1. The van der Waals surface area contributed by atoms with E-state index >= 15 is 0 Å². The zero-order valence-electron chi connectivity index (χ0n) is 13.9. The molecule has 0 aliphatic heterocycles. The smallest absolute Gasteiger partial charge is 0.191 e. The van der Waals surface area contributed by atoms with Crippen LogP contribution in [0.1, 0.15) is 20.8 Å². The van der Waals surface area contributed by atoms with Crippen molar-refractivity contribution in [3.63, 3.8) is 0 Å². The summed E-state index contributed by atoms with van der Waals surface area (Å²) in [5, 5.41) is 6.45. The molecule has 1 aromatic carbocycles. The van der Waals surface area contributed by atoms with E-state index in [1.165, 1.54) is 0 Å². The Hall–Kier alpha value is -1.02. The molecule has 1 aromatic rings. The van der Waals surface area contributed by atoms with Gasteiger partial charge in [0.25, 0.3) is 0 Å². The van der Waals surface area contributed by atoms with E-state index in [0.717, 1.165) is 18.3 Å². The monoisotopic (exact) mass is 421 g/mol. The number of para-hydroxylation sites is 1. The van der Waals surface area contributed by atoms with Gasteiger partial charge in [-0.15, -0.1) is 24.0 Å². The minimum absolute atomic E-state index is 0. The molecule has 0 fully saturated rings. The standard InChI is InChI=1S/C16H27N3O2.HI/c1-5-17-15(19-13-16(2,3)20-4)18-11-12-21-14-9-7-6-8-10-14;/h6-10H,5,11-13H2,1-4H3,(H2,17,18,19);1H. The molecule has 6 heteroatoms. The maximum atomic E-state index is 5.63. The molecule has 0 spiro atoms. The number of nitrogens with zero attached hydrogens (tertiary/aromatic N) is 1. The van der Waals surface area contributed by atoms with Crippen LogP contribution in [0.3, 0.4) is 0 Å². The molecule has 0 aromatic heterocycles. The minimum Gasteiger partial charge on any atom is -0.492 e. The number of aliphatic imine (C=N–C) groups is 1. The Labute approximate surface area is 150 Å². The Kier molecular flexibility index (Phi) is 11.0. The normalized spacial score (nSPS) is 11.5. The van der Waals surface area contributed by atoms with E-state index in [1.807, 2.05) is 51.1 Å². The summed E-state index contributed by atoms with van der Waals surface area (Å²) in [6.45, 7) is 8.75. The first-order valence-corrected chi connectivity index (χ1v) is 7.32. The van der Waals surface area contributed by atoms with Gasteiger partial charge in [0.1, 0.15) is 12.4 Å². The van der Waals surface area contributed by atoms with E-state index < -0.39 is 0 Å². The van der Waals surface area contributed by atoms with E-state index in [2.05, 4.69) is 15.6 Å². The highest BCUT2D eigenvalue weighted by Gasteiger charge is 2.15. The molecule has 0 aliphatic rings. The lowest BCUT2D eigenvalue weighted by atomic mass is 10.1. The van der Waals surface area contributed by atoms with Crippen molar-refractivity contribution in [2.75, 3.05) is 33.4 Å². The number of ether oxygens (including phenoxy) is 2. The fourth-order valence-electron chi connectivity index (χ4n) is 1.53. The number of guanidine groups is 1. The Bertz CT molecular complexity index is 425. The van der Waals surface area contributed by atoms with Gasteiger partial charge in [0, 0.05) is 13.7 Å². The number of hydrogen-bond acceptors (Lipinski definition) is 3. The summed E-state index contributed by atoms with van der Waals surface area (Å²) < 4.78 is 11.0. The van der Waals surface area contributed by atoms with E-state index in [4.69, 9.17) is 9.47 Å². The Morgan fingerprint density at radius 3 is 2.45 bits per heavy atom. The first kappa shape index (κ1) is 21.0. The third-order valence-electron chi connectivity index (χ3n) is 2.92. The van der Waals surface area contributed by atoms with Gasteiger partial charge >= 0.3 is 0 Å². The maximum absolute atomic E-state index is 5.63. The highest BCUT2D eigenvalue weighted by molar-refractivity contribution is 14.0. The lowest BCUT2D eigenvalue weighted by molar-refractivity contribution is 0.0310. The summed E-state index contributed by atoms with van der Waals surface area (Å²) in [7, 11) is 1.70. The number of methoxy groups -OCH3 is 1. The SMILES string of the molecule is CCNC(=NCC(C)(C)OC)NCCOc1ccccc1.I. The van der Waals surface area contributed by atoms with Gasteiger partial charge in [-0.3, -0.25) is 4.99 Å². The fraction of sp³-hybridized carbons (Fsp3) is 0.562. The molecule has 0 bridgehead atoms. The van der Waals surface area contributed by atoms with Crippen LogP contribution in [0.4, 0.5) is 0 Å². The maximum Gasteiger partial charge on any atom is 0.191 e. The Balaban J connectivity index is 0.00000441. The summed E-state index contributed by atoms with van der Waals surface area (Å²) in [4.78, 5) is 4.51. The van der Waals surface area contributed by atoms with Crippen LogP contribution in [0.15, 0.2) is 35.3 Å². The zero-order chi connectivity index (χ0) is 15.6. The van der Waals surface area contributed by atoms with Gasteiger partial charge in [0.05, 0.1) is 18.7 Å². The lowest BCUT2D eigenvalue weighted by Gasteiger charge is -2.21. The summed E-state index contributed by atoms with van der Waals surface area (Å²) >= 11 is 0. The molecule has 0 saturated heterocycles. The van der Waals surface area contributed by atoms with Crippen LogP contribution >= 0.6 is 24.0 Å². The van der Waals surface area contributed by atoms with Crippen molar-refractivity contribution in [2.45, 2.75) is 26.4 Å². The molecule has 0 unspecified atom stereocenters. The number of rotatable bonds is 8. The molecule has 5 nitrogen and oxygen atoms in total. The van der Waals surface area contributed by atoms with Crippen LogP contribution in [-0.2, 0) is 4.74 Å². The van der Waals surface area contributed by atoms with Crippen molar-refractivity contribution in [3.8, 4) is 5.75 Å². The van der Waals surface area contributed by atoms with E-state index in [-0.39, 0.29) is 29.6 Å². The number of benzene rings is 1. The Morgan fingerprint density at radius 1 is 1.18 bits per heavy atom. The van der Waals surface area contributed by atoms with E-state index in [9.17, 15) is 0 Å². The van der Waals surface area contributed by atoms with Crippen molar-refractivity contribution in [1.82, 2.24) is 10.6 Å². The molecule has 0 radical (unpaired) electrons. The molecular formula is C16H28IN3O2. The molecule has 0 heterocycles. The molecule has 0 aliphatic carbocycles. The first-order chi connectivity index (χ1) is 10.1. The van der Waals surface area contributed by atoms with Crippen LogP contribution in [-0.4, -0.2) is 44.9 Å². The second-order valence-corrected chi connectivity index (χ2v) is 5.25. The molecule has 1 rings (SSSR count). The second kappa shape index (κ2) is 11.5. The summed E-state index contributed by atoms with van der Waals surface area (Å²) in [6.07, 6.45) is 0. The molecule has 126 valence electrons. The van der Waals surface area contributed by atoms with Gasteiger partial charge in [0.15, 0.2) is 5.96 Å². The third-order valence-corrected chi connectivity index (χ3v) is 2.92. The highest BCUT2D eigenvalue weighted by Crippen LogP contribution is 2.08. The van der Waals surface area contributed by atoms with Crippen LogP contribution < -0.4 is 15.4 Å². The van der Waals surface area contributed by atoms with Gasteiger partial charge in [0.2, 0.25) is 0 Å². The van der Waals surface area contributed by atoms with Gasteiger partial charge in [-0.2, -0.15) is 0 Å². The van der Waals surface area contributed by atoms with Gasteiger partial charge in [-0.25, -0.2) is 0 Å². The Morgan fingerprint density at radius 2 is 1.86 bits per heavy atom. The summed E-state index contributed by atoms with van der Waals surface area (Å²) in [6, 6.07) is 9.78. The molecule has 22 heavy (non-hydrogen) atoms. The number of nitrogens with one attached hydrogen (secondary N) is 2.